The van der Waals surface area contributed by atoms with Crippen LogP contribution in [0.25, 0.3) is 0 Å². The molecule has 0 radical (unpaired) electrons. The van der Waals surface area contributed by atoms with Crippen LogP contribution in [0.1, 0.15) is 30.5 Å². The summed E-state index contributed by atoms with van der Waals surface area (Å²) in [5, 5.41) is 0. The van der Waals surface area contributed by atoms with E-state index in [0.717, 1.165) is 25.9 Å². The van der Waals surface area contributed by atoms with Crippen molar-refractivity contribution >= 4 is 5.91 Å². The Morgan fingerprint density at radius 1 is 1.40 bits per heavy atom. The SMILES string of the molecule is CCc1ccc2c(c1)CCN(C(C)=O)C2. The summed E-state index contributed by atoms with van der Waals surface area (Å²) in [6.45, 7) is 5.47. The van der Waals surface area contributed by atoms with Crippen LogP contribution in [-0.2, 0) is 24.2 Å². The number of carbonyl (C=O) groups excluding carboxylic acids is 1. The molecule has 0 saturated heterocycles. The van der Waals surface area contributed by atoms with Gasteiger partial charge in [-0.25, -0.2) is 0 Å². The molecule has 0 aliphatic carbocycles. The summed E-state index contributed by atoms with van der Waals surface area (Å²) >= 11 is 0. The Kier molecular flexibility index (Phi) is 2.76. The average molecular weight is 203 g/mol. The van der Waals surface area contributed by atoms with Crippen LogP contribution in [0.5, 0.6) is 0 Å². The average Bonchev–Trinajstić information content (AvgIpc) is 2.27. The van der Waals surface area contributed by atoms with E-state index in [1.807, 2.05) is 4.90 Å². The molecule has 2 heteroatoms. The van der Waals surface area contributed by atoms with Crippen LogP contribution in [0.15, 0.2) is 18.2 Å². The van der Waals surface area contributed by atoms with Gasteiger partial charge in [0.2, 0.25) is 5.91 Å². The van der Waals surface area contributed by atoms with Crippen molar-refractivity contribution in [3.63, 3.8) is 0 Å². The van der Waals surface area contributed by atoms with E-state index in [1.165, 1.54) is 16.7 Å². The fourth-order valence-corrected chi connectivity index (χ4v) is 2.10. The van der Waals surface area contributed by atoms with Crippen molar-refractivity contribution < 1.29 is 4.79 Å². The van der Waals surface area contributed by atoms with Crippen LogP contribution >= 0.6 is 0 Å². The van der Waals surface area contributed by atoms with Crippen LogP contribution in [0.2, 0.25) is 0 Å². The third kappa shape index (κ3) is 2.04. The lowest BCUT2D eigenvalue weighted by atomic mass is 9.96. The van der Waals surface area contributed by atoms with Crippen molar-refractivity contribution in [3.05, 3.63) is 34.9 Å². The zero-order valence-electron chi connectivity index (χ0n) is 9.42. The highest BCUT2D eigenvalue weighted by atomic mass is 16.2. The molecule has 1 aromatic rings. The van der Waals surface area contributed by atoms with E-state index in [9.17, 15) is 4.79 Å². The third-order valence-corrected chi connectivity index (χ3v) is 3.14. The second-order valence-electron chi connectivity index (χ2n) is 4.15. The van der Waals surface area contributed by atoms with Crippen molar-refractivity contribution in [1.82, 2.24) is 4.90 Å². The van der Waals surface area contributed by atoms with Crippen molar-refractivity contribution in [2.24, 2.45) is 0 Å². The van der Waals surface area contributed by atoms with Crippen LogP contribution in [-0.4, -0.2) is 17.4 Å². The Balaban J connectivity index is 2.24. The Morgan fingerprint density at radius 2 is 2.20 bits per heavy atom. The summed E-state index contributed by atoms with van der Waals surface area (Å²) < 4.78 is 0. The van der Waals surface area contributed by atoms with E-state index in [0.29, 0.717) is 0 Å². The van der Waals surface area contributed by atoms with Gasteiger partial charge in [-0.2, -0.15) is 0 Å². The molecule has 1 heterocycles. The second kappa shape index (κ2) is 4.05. The molecule has 2 nitrogen and oxygen atoms in total. The number of rotatable bonds is 1. The molecule has 0 aromatic heterocycles. The number of aryl methyl sites for hydroxylation is 1. The van der Waals surface area contributed by atoms with E-state index < -0.39 is 0 Å². The number of carbonyl (C=O) groups is 1. The largest absolute Gasteiger partial charge is 0.338 e. The van der Waals surface area contributed by atoms with E-state index >= 15 is 0 Å². The van der Waals surface area contributed by atoms with E-state index in [1.54, 1.807) is 6.92 Å². The monoisotopic (exact) mass is 203 g/mol. The fourth-order valence-electron chi connectivity index (χ4n) is 2.10. The van der Waals surface area contributed by atoms with E-state index in [-0.39, 0.29) is 5.91 Å². The van der Waals surface area contributed by atoms with E-state index in [2.05, 4.69) is 25.1 Å². The lowest BCUT2D eigenvalue weighted by Gasteiger charge is -2.28. The van der Waals surface area contributed by atoms with Gasteiger partial charge in [0.25, 0.3) is 0 Å². The molecule has 0 unspecified atom stereocenters. The minimum atomic E-state index is 0.181. The third-order valence-electron chi connectivity index (χ3n) is 3.14. The highest BCUT2D eigenvalue weighted by molar-refractivity contribution is 5.73. The van der Waals surface area contributed by atoms with Crippen molar-refractivity contribution in [2.45, 2.75) is 33.2 Å². The van der Waals surface area contributed by atoms with Gasteiger partial charge >= 0.3 is 0 Å². The van der Waals surface area contributed by atoms with Crippen LogP contribution in [0.3, 0.4) is 0 Å². The maximum atomic E-state index is 11.3. The molecule has 1 amide bonds. The lowest BCUT2D eigenvalue weighted by molar-refractivity contribution is -0.129. The summed E-state index contributed by atoms with van der Waals surface area (Å²) in [6, 6.07) is 6.62. The highest BCUT2D eigenvalue weighted by Crippen LogP contribution is 2.20. The molecular weight excluding hydrogens is 186 g/mol. The summed E-state index contributed by atoms with van der Waals surface area (Å²) in [6.07, 6.45) is 2.09. The molecule has 15 heavy (non-hydrogen) atoms. The standard InChI is InChI=1S/C13H17NO/c1-3-11-4-5-13-9-14(10(2)15)7-6-12(13)8-11/h4-5,8H,3,6-7,9H2,1-2H3. The number of hydrogen-bond acceptors (Lipinski definition) is 1. The Morgan fingerprint density at radius 3 is 2.87 bits per heavy atom. The zero-order chi connectivity index (χ0) is 10.8. The topological polar surface area (TPSA) is 20.3 Å². The molecule has 0 saturated carbocycles. The molecule has 2 rings (SSSR count). The second-order valence-corrected chi connectivity index (χ2v) is 4.15. The first-order valence-electron chi connectivity index (χ1n) is 5.57. The molecule has 1 aliphatic heterocycles. The van der Waals surface area contributed by atoms with Gasteiger partial charge in [-0.05, 0) is 29.5 Å². The summed E-state index contributed by atoms with van der Waals surface area (Å²) in [5.41, 5.74) is 4.13. The summed E-state index contributed by atoms with van der Waals surface area (Å²) in [4.78, 5) is 13.2. The van der Waals surface area contributed by atoms with Gasteiger partial charge < -0.3 is 4.90 Å². The molecule has 0 N–H and O–H groups in total. The molecular formula is C13H17NO. The Labute approximate surface area is 90.9 Å². The summed E-state index contributed by atoms with van der Waals surface area (Å²) in [7, 11) is 0. The van der Waals surface area contributed by atoms with Crippen LogP contribution < -0.4 is 0 Å². The first-order valence-corrected chi connectivity index (χ1v) is 5.57. The minimum Gasteiger partial charge on any atom is -0.338 e. The van der Waals surface area contributed by atoms with Gasteiger partial charge in [-0.3, -0.25) is 4.79 Å². The fraction of sp³-hybridized carbons (Fsp3) is 0.462. The van der Waals surface area contributed by atoms with Gasteiger partial charge in [0.15, 0.2) is 0 Å². The van der Waals surface area contributed by atoms with Crippen molar-refractivity contribution in [1.29, 1.82) is 0 Å². The summed E-state index contributed by atoms with van der Waals surface area (Å²) in [5.74, 6) is 0.181. The van der Waals surface area contributed by atoms with Gasteiger partial charge in [0.05, 0.1) is 0 Å². The van der Waals surface area contributed by atoms with Crippen molar-refractivity contribution in [3.8, 4) is 0 Å². The van der Waals surface area contributed by atoms with E-state index in [4.69, 9.17) is 0 Å². The first kappa shape index (κ1) is 10.2. The smallest absolute Gasteiger partial charge is 0.219 e. The molecule has 0 fully saturated rings. The first-order chi connectivity index (χ1) is 7.20. The van der Waals surface area contributed by atoms with Crippen molar-refractivity contribution in [2.75, 3.05) is 6.54 Å². The molecule has 1 aromatic carbocycles. The predicted octanol–water partition coefficient (Wildman–Crippen LogP) is 2.15. The quantitative estimate of drug-likeness (QED) is 0.685. The van der Waals surface area contributed by atoms with Crippen LogP contribution in [0.4, 0.5) is 0 Å². The maximum absolute atomic E-state index is 11.3. The van der Waals surface area contributed by atoms with Gasteiger partial charge in [-0.1, -0.05) is 25.1 Å². The molecule has 80 valence electrons. The number of nitrogens with zero attached hydrogens (tertiary/aromatic N) is 1. The predicted molar refractivity (Wildman–Crippen MR) is 60.6 cm³/mol. The van der Waals surface area contributed by atoms with Gasteiger partial charge in [0, 0.05) is 20.0 Å². The number of amides is 1. The molecule has 0 bridgehead atoms. The Bertz CT molecular complexity index is 384. The lowest BCUT2D eigenvalue weighted by Crippen LogP contribution is -2.34. The zero-order valence-corrected chi connectivity index (χ0v) is 9.42. The number of fused-ring (bicyclic) bond motifs is 1. The number of hydrogen-bond donors (Lipinski definition) is 0. The molecule has 0 atom stereocenters. The molecule has 1 aliphatic rings. The van der Waals surface area contributed by atoms with Gasteiger partial charge in [0.1, 0.15) is 0 Å². The van der Waals surface area contributed by atoms with Crippen LogP contribution in [0, 0.1) is 0 Å². The number of benzene rings is 1. The van der Waals surface area contributed by atoms with Gasteiger partial charge in [-0.15, -0.1) is 0 Å². The minimum absolute atomic E-state index is 0.181. The molecule has 0 spiro atoms. The highest BCUT2D eigenvalue weighted by Gasteiger charge is 2.17. The Hall–Kier alpha value is -1.31. The maximum Gasteiger partial charge on any atom is 0.219 e. The normalized spacial score (nSPS) is 14.9.